The molecule has 0 atom stereocenters. The van der Waals surface area contributed by atoms with Gasteiger partial charge < -0.3 is 0 Å². The van der Waals surface area contributed by atoms with Crippen molar-refractivity contribution >= 4 is 48.6 Å². The molecular formula is C26H13N7S. The van der Waals surface area contributed by atoms with Crippen molar-refractivity contribution in [1.82, 2.24) is 9.38 Å². The Bertz CT molecular complexity index is 1820. The van der Waals surface area contributed by atoms with E-state index in [1.54, 1.807) is 35.6 Å². The Morgan fingerprint density at radius 2 is 1.26 bits per heavy atom. The van der Waals surface area contributed by atoms with Gasteiger partial charge in [0.05, 0.1) is 11.0 Å². The Hall–Kier alpha value is -5.28. The van der Waals surface area contributed by atoms with E-state index in [0.717, 1.165) is 26.1 Å². The molecule has 0 radical (unpaired) electrons. The second-order valence-corrected chi connectivity index (χ2v) is 7.95. The molecule has 3 aromatic carbocycles. The second kappa shape index (κ2) is 9.47. The number of para-hydroxylation sites is 2. The van der Waals surface area contributed by atoms with Crippen molar-refractivity contribution in [2.75, 3.05) is 0 Å². The number of rotatable bonds is 0. The molecule has 0 bridgehead atoms. The molecule has 8 heteroatoms. The van der Waals surface area contributed by atoms with Gasteiger partial charge in [-0.25, -0.2) is 4.98 Å². The lowest BCUT2D eigenvalue weighted by molar-refractivity contribution is 1.08. The summed E-state index contributed by atoms with van der Waals surface area (Å²) < 4.78 is 3.02. The van der Waals surface area contributed by atoms with E-state index in [1.165, 1.54) is 24.3 Å². The van der Waals surface area contributed by atoms with E-state index in [1.807, 2.05) is 52.9 Å². The van der Waals surface area contributed by atoms with Gasteiger partial charge in [-0.2, -0.15) is 21.0 Å². The average molecular weight is 456 g/mol. The molecule has 0 unspecified atom stereocenters. The zero-order valence-corrected chi connectivity index (χ0v) is 18.3. The minimum atomic E-state index is 0.00187. The summed E-state index contributed by atoms with van der Waals surface area (Å²) in [6, 6.07) is 29.1. The number of nitrogens with zero attached hydrogens (tertiary/aromatic N) is 6. The maximum absolute atomic E-state index is 8.63. The number of aromatic nitrogens is 2. The molecule has 0 fully saturated rings. The molecule has 0 saturated carbocycles. The van der Waals surface area contributed by atoms with Crippen LogP contribution in [0.1, 0.15) is 0 Å². The molecule has 0 spiro atoms. The maximum atomic E-state index is 8.63. The minimum absolute atomic E-state index is 0.00187. The monoisotopic (exact) mass is 455 g/mol. The van der Waals surface area contributed by atoms with Crippen LogP contribution in [-0.4, -0.2) is 9.38 Å². The van der Waals surface area contributed by atoms with E-state index in [0.29, 0.717) is 15.9 Å². The zero-order valence-electron chi connectivity index (χ0n) is 17.5. The largest absolute Gasteiger partial charge is 0.283 e. The fraction of sp³-hybridized carbons (Fsp3) is 0. The Labute approximate surface area is 197 Å². The predicted molar refractivity (Wildman–Crippen MR) is 129 cm³/mol. The molecule has 34 heavy (non-hydrogen) atoms. The molecule has 5 aromatic rings. The number of benzene rings is 3. The fourth-order valence-electron chi connectivity index (χ4n) is 3.37. The summed E-state index contributed by atoms with van der Waals surface area (Å²) in [5.41, 5.74) is 2.45. The number of hydrogen-bond donors (Lipinski definition) is 1. The number of imidazole rings is 1. The third kappa shape index (κ3) is 3.97. The van der Waals surface area contributed by atoms with Gasteiger partial charge in [-0.3, -0.25) is 9.81 Å². The summed E-state index contributed by atoms with van der Waals surface area (Å²) in [4.78, 5) is 5.46. The van der Waals surface area contributed by atoms with Crippen molar-refractivity contribution in [2.24, 2.45) is 0 Å². The SMILES string of the molecule is N#CC(C#N)=c1ccc(=C(C#N)C#N)cc1.N=c1c2ccccc2sc2nc3ccccc3n12. The van der Waals surface area contributed by atoms with E-state index in [2.05, 4.69) is 4.98 Å². The summed E-state index contributed by atoms with van der Waals surface area (Å²) in [6.45, 7) is 0. The normalized spacial score (nSPS) is 9.76. The van der Waals surface area contributed by atoms with Crippen LogP contribution in [0.5, 0.6) is 0 Å². The first-order chi connectivity index (χ1) is 16.6. The van der Waals surface area contributed by atoms with Gasteiger partial charge in [0.1, 0.15) is 40.9 Å². The Balaban J connectivity index is 0.000000163. The van der Waals surface area contributed by atoms with Crippen LogP contribution in [-0.2, 0) is 0 Å². The van der Waals surface area contributed by atoms with Crippen molar-refractivity contribution in [3.8, 4) is 24.3 Å². The van der Waals surface area contributed by atoms with Crippen molar-refractivity contribution in [2.45, 2.75) is 0 Å². The summed E-state index contributed by atoms with van der Waals surface area (Å²) in [5.74, 6) is 0. The van der Waals surface area contributed by atoms with Gasteiger partial charge in [0.15, 0.2) is 4.96 Å². The van der Waals surface area contributed by atoms with Crippen LogP contribution in [0.15, 0.2) is 72.8 Å². The first-order valence-electron chi connectivity index (χ1n) is 9.90. The van der Waals surface area contributed by atoms with Crippen molar-refractivity contribution in [3.63, 3.8) is 0 Å². The second-order valence-electron chi connectivity index (χ2n) is 6.94. The lowest BCUT2D eigenvalue weighted by Gasteiger charge is -2.00. The molecule has 2 aromatic heterocycles. The maximum Gasteiger partial charge on any atom is 0.196 e. The molecule has 158 valence electrons. The van der Waals surface area contributed by atoms with Gasteiger partial charge in [-0.05, 0) is 24.3 Å². The van der Waals surface area contributed by atoms with Gasteiger partial charge in [0.2, 0.25) is 0 Å². The lowest BCUT2D eigenvalue weighted by atomic mass is 10.1. The lowest BCUT2D eigenvalue weighted by Crippen LogP contribution is -2.11. The van der Waals surface area contributed by atoms with Crippen LogP contribution in [0.4, 0.5) is 0 Å². The third-order valence-electron chi connectivity index (χ3n) is 5.01. The highest BCUT2D eigenvalue weighted by molar-refractivity contribution is 7.23. The smallest absolute Gasteiger partial charge is 0.196 e. The van der Waals surface area contributed by atoms with Crippen LogP contribution in [0, 0.1) is 50.7 Å². The first kappa shape index (κ1) is 21.9. The molecule has 5 rings (SSSR count). The zero-order chi connectivity index (χ0) is 24.1. The van der Waals surface area contributed by atoms with Gasteiger partial charge in [-0.1, -0.05) is 59.9 Å². The van der Waals surface area contributed by atoms with Crippen molar-refractivity contribution < 1.29 is 0 Å². The van der Waals surface area contributed by atoms with Crippen LogP contribution in [0.3, 0.4) is 0 Å². The van der Waals surface area contributed by atoms with Gasteiger partial charge in [-0.15, -0.1) is 0 Å². The van der Waals surface area contributed by atoms with Crippen LogP contribution in [0.2, 0.25) is 0 Å². The number of nitrogens with one attached hydrogen (secondary N) is 1. The minimum Gasteiger partial charge on any atom is -0.283 e. The average Bonchev–Trinajstić information content (AvgIpc) is 3.25. The molecule has 2 heterocycles. The first-order valence-corrected chi connectivity index (χ1v) is 10.7. The number of nitriles is 4. The van der Waals surface area contributed by atoms with Crippen molar-refractivity contribution in [3.05, 3.63) is 88.7 Å². The third-order valence-corrected chi connectivity index (χ3v) is 6.04. The van der Waals surface area contributed by atoms with Crippen LogP contribution >= 0.6 is 11.3 Å². The fourth-order valence-corrected chi connectivity index (χ4v) is 4.41. The highest BCUT2D eigenvalue weighted by Gasteiger charge is 2.08. The standard InChI is InChI=1S/C14H9N3S.C12H4N4/c15-13-9-5-1-4-8-12(9)18-14-16-10-6-2-3-7-11(10)17(13)14;13-5-11(6-14)9-1-2-10(4-3-9)12(7-15)8-16/h1-8,15H;1-4H. The quantitative estimate of drug-likeness (QED) is 0.382. The number of hydrogen-bond acceptors (Lipinski definition) is 7. The summed E-state index contributed by atoms with van der Waals surface area (Å²) in [6.07, 6.45) is 0. The summed E-state index contributed by atoms with van der Waals surface area (Å²) >= 11 is 1.62. The van der Waals surface area contributed by atoms with Gasteiger partial charge >= 0.3 is 0 Å². The molecule has 0 aliphatic carbocycles. The van der Waals surface area contributed by atoms with E-state index in [4.69, 9.17) is 26.5 Å². The van der Waals surface area contributed by atoms with Gasteiger partial charge in [0, 0.05) is 20.5 Å². The van der Waals surface area contributed by atoms with Crippen molar-refractivity contribution in [1.29, 1.82) is 26.5 Å². The van der Waals surface area contributed by atoms with E-state index in [-0.39, 0.29) is 11.1 Å². The highest BCUT2D eigenvalue weighted by atomic mass is 32.1. The van der Waals surface area contributed by atoms with E-state index >= 15 is 0 Å². The molecule has 1 N–H and O–H groups in total. The van der Waals surface area contributed by atoms with E-state index < -0.39 is 0 Å². The molecular weight excluding hydrogens is 442 g/mol. The number of fused-ring (bicyclic) bond motifs is 4. The Morgan fingerprint density at radius 1 is 0.735 bits per heavy atom. The topological polar surface area (TPSA) is 136 Å². The molecule has 0 aliphatic rings. The highest BCUT2D eigenvalue weighted by Crippen LogP contribution is 2.23. The molecule has 0 aliphatic heterocycles. The molecule has 0 amide bonds. The molecule has 7 nitrogen and oxygen atoms in total. The Kier molecular flexibility index (Phi) is 6.11. The van der Waals surface area contributed by atoms with Gasteiger partial charge in [0.25, 0.3) is 0 Å². The Morgan fingerprint density at radius 3 is 1.85 bits per heavy atom. The van der Waals surface area contributed by atoms with Crippen LogP contribution < -0.4 is 15.9 Å². The van der Waals surface area contributed by atoms with Crippen LogP contribution in [0.25, 0.3) is 37.2 Å². The summed E-state index contributed by atoms with van der Waals surface area (Å²) in [5, 5.41) is 44.8. The van der Waals surface area contributed by atoms with E-state index in [9.17, 15) is 0 Å². The molecule has 0 saturated heterocycles. The summed E-state index contributed by atoms with van der Waals surface area (Å²) in [7, 11) is 0. The predicted octanol–water partition coefficient (Wildman–Crippen LogP) is 3.26.